The van der Waals surface area contributed by atoms with Crippen molar-refractivity contribution >= 4 is 33.8 Å². The van der Waals surface area contributed by atoms with Crippen molar-refractivity contribution in [3.63, 3.8) is 0 Å². The molecule has 0 heterocycles. The second kappa shape index (κ2) is 11.5. The van der Waals surface area contributed by atoms with Crippen molar-refractivity contribution < 1.29 is 4.57 Å². The normalized spacial score (nSPS) is 12.9. The van der Waals surface area contributed by atoms with Crippen LogP contribution in [0.25, 0.3) is 0 Å². The summed E-state index contributed by atoms with van der Waals surface area (Å²) in [4.78, 5) is 0. The molecule has 0 amide bonds. The van der Waals surface area contributed by atoms with Gasteiger partial charge in [-0.2, -0.15) is 0 Å². The Bertz CT molecular complexity index is 927. The number of halogens is 1. The van der Waals surface area contributed by atoms with E-state index in [-0.39, 0.29) is 6.04 Å². The molecule has 3 aromatic carbocycles. The van der Waals surface area contributed by atoms with Crippen molar-refractivity contribution in [3.8, 4) is 0 Å². The van der Waals surface area contributed by atoms with Crippen LogP contribution in [0.5, 0.6) is 0 Å². The molecule has 3 aromatic rings. The molecule has 156 valence electrons. The number of rotatable bonds is 10. The second-order valence-electron chi connectivity index (χ2n) is 7.36. The van der Waals surface area contributed by atoms with E-state index >= 15 is 0 Å². The van der Waals surface area contributed by atoms with Crippen LogP contribution in [0.15, 0.2) is 102 Å². The van der Waals surface area contributed by atoms with E-state index in [1.807, 2.05) is 72.8 Å². The van der Waals surface area contributed by atoms with Crippen molar-refractivity contribution in [1.29, 1.82) is 0 Å². The van der Waals surface area contributed by atoms with Crippen LogP contribution in [0.4, 0.5) is 0 Å². The lowest BCUT2D eigenvalue weighted by Crippen LogP contribution is -2.30. The minimum Gasteiger partial charge on any atom is -0.296 e. The predicted molar refractivity (Wildman–Crippen MR) is 133 cm³/mol. The number of unbranched alkanes of at least 4 members (excludes halogenated alkanes) is 3. The Hall–Kier alpha value is -1.93. The largest absolute Gasteiger partial charge is 0.296 e. The van der Waals surface area contributed by atoms with Crippen LogP contribution in [-0.4, -0.2) is 0 Å². The standard InChI is InChI=1S/C26H29BrNOP/c1-2-3-4-5-12-17-26(22-18-20-23(27)21-19-22)28-30(29,24-13-8-6-9-14-24)25-15-10-7-11-16-25/h6-21,26H,2-5H2,1H3,(H,28,29)/b17-12+. The molecular weight excluding hydrogens is 453 g/mol. The maximum Gasteiger partial charge on any atom is 0.205 e. The van der Waals surface area contributed by atoms with Gasteiger partial charge in [0.15, 0.2) is 0 Å². The van der Waals surface area contributed by atoms with Crippen LogP contribution < -0.4 is 15.7 Å². The van der Waals surface area contributed by atoms with Crippen molar-refractivity contribution in [2.75, 3.05) is 0 Å². The van der Waals surface area contributed by atoms with E-state index in [1.54, 1.807) is 0 Å². The average molecular weight is 482 g/mol. The summed E-state index contributed by atoms with van der Waals surface area (Å²) in [5, 5.41) is 5.18. The van der Waals surface area contributed by atoms with Gasteiger partial charge in [-0.3, -0.25) is 4.57 Å². The summed E-state index contributed by atoms with van der Waals surface area (Å²) in [7, 11) is -3.03. The number of hydrogen-bond donors (Lipinski definition) is 1. The first-order valence-corrected chi connectivity index (χ1v) is 13.0. The molecule has 4 heteroatoms. The Morgan fingerprint density at radius 3 is 1.97 bits per heavy atom. The van der Waals surface area contributed by atoms with Crippen LogP contribution in [0, 0.1) is 0 Å². The first-order chi connectivity index (χ1) is 14.6. The van der Waals surface area contributed by atoms with Gasteiger partial charge in [0.1, 0.15) is 0 Å². The summed E-state index contributed by atoms with van der Waals surface area (Å²) >= 11 is 3.52. The molecule has 3 rings (SSSR count). The van der Waals surface area contributed by atoms with Gasteiger partial charge in [-0.25, -0.2) is 5.09 Å². The third kappa shape index (κ3) is 6.04. The Morgan fingerprint density at radius 2 is 1.43 bits per heavy atom. The summed E-state index contributed by atoms with van der Waals surface area (Å²) in [5.74, 6) is 0. The van der Waals surface area contributed by atoms with Gasteiger partial charge in [-0.05, 0) is 54.8 Å². The fraction of sp³-hybridized carbons (Fsp3) is 0.231. The van der Waals surface area contributed by atoms with Gasteiger partial charge in [0.2, 0.25) is 7.29 Å². The maximum absolute atomic E-state index is 14.4. The number of nitrogens with one attached hydrogen (secondary N) is 1. The fourth-order valence-electron chi connectivity index (χ4n) is 3.41. The average Bonchev–Trinajstić information content (AvgIpc) is 2.80. The lowest BCUT2D eigenvalue weighted by atomic mass is 10.1. The molecule has 0 spiro atoms. The number of allylic oxidation sites excluding steroid dienone is 1. The summed E-state index contributed by atoms with van der Waals surface area (Å²) in [6, 6.07) is 27.6. The first-order valence-electron chi connectivity index (χ1n) is 10.5. The smallest absolute Gasteiger partial charge is 0.205 e. The quantitative estimate of drug-likeness (QED) is 0.189. The van der Waals surface area contributed by atoms with Crippen LogP contribution in [0.2, 0.25) is 0 Å². The molecule has 0 aliphatic rings. The zero-order valence-electron chi connectivity index (χ0n) is 17.4. The predicted octanol–water partition coefficient (Wildman–Crippen LogP) is 7.15. The van der Waals surface area contributed by atoms with E-state index in [2.05, 4.69) is 52.2 Å². The molecule has 0 saturated carbocycles. The summed E-state index contributed by atoms with van der Waals surface area (Å²) < 4.78 is 15.5. The topological polar surface area (TPSA) is 29.1 Å². The van der Waals surface area contributed by atoms with E-state index in [0.717, 1.165) is 27.1 Å². The molecule has 0 fully saturated rings. The highest BCUT2D eigenvalue weighted by Gasteiger charge is 2.29. The molecule has 0 radical (unpaired) electrons. The molecular formula is C26H29BrNOP. The van der Waals surface area contributed by atoms with Crippen molar-refractivity contribution in [3.05, 3.63) is 107 Å². The highest BCUT2D eigenvalue weighted by molar-refractivity contribution is 9.10. The minimum atomic E-state index is -3.03. The first kappa shape index (κ1) is 22.7. The molecule has 0 bridgehead atoms. The number of benzene rings is 3. The molecule has 2 nitrogen and oxygen atoms in total. The summed E-state index contributed by atoms with van der Waals surface area (Å²) in [6.07, 6.45) is 9.03. The Labute approximate surface area is 189 Å². The van der Waals surface area contributed by atoms with Crippen LogP contribution in [0.3, 0.4) is 0 Å². The molecule has 0 aliphatic carbocycles. The van der Waals surface area contributed by atoms with Crippen LogP contribution >= 0.6 is 23.2 Å². The molecule has 0 aliphatic heterocycles. The Morgan fingerprint density at radius 1 is 0.867 bits per heavy atom. The Balaban J connectivity index is 1.98. The van der Waals surface area contributed by atoms with E-state index in [4.69, 9.17) is 0 Å². The van der Waals surface area contributed by atoms with Crippen LogP contribution in [0.1, 0.15) is 44.2 Å². The molecule has 1 N–H and O–H groups in total. The van der Waals surface area contributed by atoms with E-state index in [1.165, 1.54) is 19.3 Å². The van der Waals surface area contributed by atoms with Crippen molar-refractivity contribution in [2.24, 2.45) is 0 Å². The SMILES string of the molecule is CCCCC/C=C/C(NP(=O)(c1ccccc1)c1ccccc1)c1ccc(Br)cc1. The maximum atomic E-state index is 14.4. The highest BCUT2D eigenvalue weighted by atomic mass is 79.9. The molecule has 1 atom stereocenters. The Kier molecular flexibility index (Phi) is 8.69. The van der Waals surface area contributed by atoms with E-state index in [0.29, 0.717) is 0 Å². The highest BCUT2D eigenvalue weighted by Crippen LogP contribution is 2.42. The summed E-state index contributed by atoms with van der Waals surface area (Å²) in [5.41, 5.74) is 1.09. The third-order valence-corrected chi connectivity index (χ3v) is 8.31. The summed E-state index contributed by atoms with van der Waals surface area (Å²) in [6.45, 7) is 2.21. The third-order valence-electron chi connectivity index (χ3n) is 5.09. The van der Waals surface area contributed by atoms with Gasteiger partial charge in [-0.15, -0.1) is 0 Å². The molecule has 0 aromatic heterocycles. The minimum absolute atomic E-state index is 0.147. The second-order valence-corrected chi connectivity index (χ2v) is 10.8. The van der Waals surface area contributed by atoms with Gasteiger partial charge in [0.05, 0.1) is 6.04 Å². The lowest BCUT2D eigenvalue weighted by Gasteiger charge is -2.26. The van der Waals surface area contributed by atoms with Gasteiger partial charge in [-0.1, -0.05) is 96.4 Å². The van der Waals surface area contributed by atoms with Gasteiger partial charge < -0.3 is 0 Å². The van der Waals surface area contributed by atoms with Crippen LogP contribution in [-0.2, 0) is 4.57 Å². The van der Waals surface area contributed by atoms with Gasteiger partial charge >= 0.3 is 0 Å². The number of hydrogen-bond acceptors (Lipinski definition) is 1. The van der Waals surface area contributed by atoms with E-state index < -0.39 is 7.29 Å². The van der Waals surface area contributed by atoms with Crippen molar-refractivity contribution in [1.82, 2.24) is 5.09 Å². The van der Waals surface area contributed by atoms with Gasteiger partial charge in [0, 0.05) is 15.1 Å². The fourth-order valence-corrected chi connectivity index (χ4v) is 6.08. The van der Waals surface area contributed by atoms with E-state index in [9.17, 15) is 4.57 Å². The zero-order chi connectivity index (χ0) is 21.2. The molecule has 1 unspecified atom stereocenters. The lowest BCUT2D eigenvalue weighted by molar-refractivity contribution is 0.573. The van der Waals surface area contributed by atoms with Gasteiger partial charge in [0.25, 0.3) is 0 Å². The monoisotopic (exact) mass is 481 g/mol. The van der Waals surface area contributed by atoms with Crippen molar-refractivity contribution in [2.45, 2.75) is 38.6 Å². The zero-order valence-corrected chi connectivity index (χ0v) is 19.9. The molecule has 30 heavy (non-hydrogen) atoms. The molecule has 0 saturated heterocycles.